The Morgan fingerprint density at radius 3 is 2.73 bits per heavy atom. The molecule has 6 heteroatoms. The standard InChI is InChI=1S/C16H15N3O2S/c1-12-5-2-3-6-13(12)11-19-16(21)15(20)18-8-4-7-14-17-9-10-22-14/h2-3,5-6,9-10H,8,11H2,1H3,(H,18,20)(H,19,21). The first-order valence-electron chi connectivity index (χ1n) is 6.65. The molecule has 1 heterocycles. The summed E-state index contributed by atoms with van der Waals surface area (Å²) in [6, 6.07) is 7.68. The molecular formula is C16H15N3O2S. The Kier molecular flexibility index (Phi) is 5.69. The van der Waals surface area contributed by atoms with Crippen molar-refractivity contribution in [2.75, 3.05) is 6.54 Å². The van der Waals surface area contributed by atoms with Crippen LogP contribution in [0.1, 0.15) is 16.1 Å². The molecule has 2 N–H and O–H groups in total. The molecule has 5 nitrogen and oxygen atoms in total. The van der Waals surface area contributed by atoms with E-state index in [4.69, 9.17) is 0 Å². The normalized spacial score (nSPS) is 9.50. The van der Waals surface area contributed by atoms with Crippen LogP contribution in [0.2, 0.25) is 0 Å². The minimum absolute atomic E-state index is 0.107. The van der Waals surface area contributed by atoms with Crippen molar-refractivity contribution in [3.63, 3.8) is 0 Å². The maximum Gasteiger partial charge on any atom is 0.310 e. The van der Waals surface area contributed by atoms with Gasteiger partial charge in [-0.1, -0.05) is 30.2 Å². The fraction of sp³-hybridized carbons (Fsp3) is 0.188. The monoisotopic (exact) mass is 313 g/mol. The van der Waals surface area contributed by atoms with Crippen molar-refractivity contribution < 1.29 is 9.59 Å². The number of amides is 2. The number of benzene rings is 1. The molecule has 0 spiro atoms. The predicted octanol–water partition coefficient (Wildman–Crippen LogP) is 1.24. The Hall–Kier alpha value is -2.65. The van der Waals surface area contributed by atoms with E-state index in [0.29, 0.717) is 11.6 Å². The molecule has 112 valence electrons. The van der Waals surface area contributed by atoms with Gasteiger partial charge in [0.25, 0.3) is 0 Å². The third-order valence-electron chi connectivity index (χ3n) is 2.87. The molecule has 0 unspecified atom stereocenters. The lowest BCUT2D eigenvalue weighted by molar-refractivity contribution is -0.139. The van der Waals surface area contributed by atoms with E-state index in [9.17, 15) is 9.59 Å². The molecule has 0 aliphatic carbocycles. The van der Waals surface area contributed by atoms with Gasteiger partial charge in [-0.15, -0.1) is 11.3 Å². The summed E-state index contributed by atoms with van der Waals surface area (Å²) < 4.78 is 0. The Morgan fingerprint density at radius 2 is 2.00 bits per heavy atom. The lowest BCUT2D eigenvalue weighted by Crippen LogP contribution is -2.39. The molecule has 1 aromatic carbocycles. The number of carbonyl (C=O) groups excluding carboxylic acids is 2. The van der Waals surface area contributed by atoms with Crippen molar-refractivity contribution in [3.05, 3.63) is 52.0 Å². The first kappa shape index (κ1) is 15.7. The van der Waals surface area contributed by atoms with E-state index >= 15 is 0 Å². The van der Waals surface area contributed by atoms with E-state index in [-0.39, 0.29) is 6.54 Å². The van der Waals surface area contributed by atoms with Gasteiger partial charge in [-0.2, -0.15) is 0 Å². The minimum Gasteiger partial charge on any atom is -0.344 e. The molecule has 0 aliphatic rings. The highest BCUT2D eigenvalue weighted by Gasteiger charge is 2.11. The number of aryl methyl sites for hydroxylation is 1. The molecule has 22 heavy (non-hydrogen) atoms. The average molecular weight is 313 g/mol. The van der Waals surface area contributed by atoms with Crippen LogP contribution in [0.4, 0.5) is 0 Å². The van der Waals surface area contributed by atoms with E-state index < -0.39 is 11.8 Å². The summed E-state index contributed by atoms with van der Waals surface area (Å²) in [6.07, 6.45) is 1.66. The van der Waals surface area contributed by atoms with Gasteiger partial charge in [-0.3, -0.25) is 9.59 Å². The van der Waals surface area contributed by atoms with Gasteiger partial charge in [0.1, 0.15) is 0 Å². The Morgan fingerprint density at radius 1 is 1.23 bits per heavy atom. The number of aromatic nitrogens is 1. The van der Waals surface area contributed by atoms with Crippen LogP contribution in [0.25, 0.3) is 0 Å². The van der Waals surface area contributed by atoms with Crippen LogP contribution in [0.15, 0.2) is 35.8 Å². The lowest BCUT2D eigenvalue weighted by Gasteiger charge is -2.07. The molecule has 0 fully saturated rings. The summed E-state index contributed by atoms with van der Waals surface area (Å²) in [4.78, 5) is 27.3. The summed E-state index contributed by atoms with van der Waals surface area (Å²) in [5.74, 6) is 4.18. The second-order valence-corrected chi connectivity index (χ2v) is 5.33. The van der Waals surface area contributed by atoms with Gasteiger partial charge >= 0.3 is 11.8 Å². The zero-order chi connectivity index (χ0) is 15.8. The van der Waals surface area contributed by atoms with Crippen molar-refractivity contribution in [2.45, 2.75) is 13.5 Å². The molecule has 0 bridgehead atoms. The minimum atomic E-state index is -0.693. The van der Waals surface area contributed by atoms with E-state index in [1.165, 1.54) is 11.3 Å². The Balaban J connectivity index is 1.75. The molecule has 2 rings (SSSR count). The van der Waals surface area contributed by atoms with Gasteiger partial charge in [0, 0.05) is 18.1 Å². The second kappa shape index (κ2) is 7.96. The SMILES string of the molecule is Cc1ccccc1CNC(=O)C(=O)NCC#Cc1nccs1. The third kappa shape index (κ3) is 4.72. The number of hydrogen-bond donors (Lipinski definition) is 2. The number of hydrogen-bond acceptors (Lipinski definition) is 4. The maximum absolute atomic E-state index is 11.7. The van der Waals surface area contributed by atoms with Crippen molar-refractivity contribution in [2.24, 2.45) is 0 Å². The maximum atomic E-state index is 11.7. The van der Waals surface area contributed by atoms with Gasteiger partial charge in [-0.05, 0) is 24.0 Å². The average Bonchev–Trinajstić information content (AvgIpc) is 3.03. The Labute approximate surface area is 132 Å². The van der Waals surface area contributed by atoms with Crippen molar-refractivity contribution in [3.8, 4) is 11.8 Å². The molecule has 0 radical (unpaired) electrons. The van der Waals surface area contributed by atoms with Crippen LogP contribution < -0.4 is 10.6 Å². The summed E-state index contributed by atoms with van der Waals surface area (Å²) in [7, 11) is 0. The first-order valence-corrected chi connectivity index (χ1v) is 7.53. The van der Waals surface area contributed by atoms with Crippen LogP contribution in [0, 0.1) is 18.8 Å². The predicted molar refractivity (Wildman–Crippen MR) is 85.0 cm³/mol. The molecular weight excluding hydrogens is 298 g/mol. The van der Waals surface area contributed by atoms with Gasteiger partial charge < -0.3 is 10.6 Å². The van der Waals surface area contributed by atoms with Gasteiger partial charge in [0.05, 0.1) is 6.54 Å². The van der Waals surface area contributed by atoms with Crippen LogP contribution >= 0.6 is 11.3 Å². The van der Waals surface area contributed by atoms with Crippen LogP contribution in [-0.2, 0) is 16.1 Å². The zero-order valence-electron chi connectivity index (χ0n) is 12.1. The van der Waals surface area contributed by atoms with Crippen LogP contribution in [0.3, 0.4) is 0 Å². The number of rotatable bonds is 3. The van der Waals surface area contributed by atoms with Crippen molar-refractivity contribution >= 4 is 23.2 Å². The number of nitrogens with zero attached hydrogens (tertiary/aromatic N) is 1. The van der Waals surface area contributed by atoms with E-state index in [1.54, 1.807) is 6.20 Å². The second-order valence-electron chi connectivity index (χ2n) is 4.43. The molecule has 2 amide bonds. The van der Waals surface area contributed by atoms with Gasteiger partial charge in [-0.25, -0.2) is 4.98 Å². The molecule has 0 saturated carbocycles. The third-order valence-corrected chi connectivity index (χ3v) is 3.56. The lowest BCUT2D eigenvalue weighted by atomic mass is 10.1. The summed E-state index contributed by atoms with van der Waals surface area (Å²) >= 11 is 1.42. The number of nitrogens with one attached hydrogen (secondary N) is 2. The summed E-state index contributed by atoms with van der Waals surface area (Å²) in [6.45, 7) is 2.38. The molecule has 0 saturated heterocycles. The number of carbonyl (C=O) groups is 2. The van der Waals surface area contributed by atoms with E-state index in [1.807, 2.05) is 36.6 Å². The largest absolute Gasteiger partial charge is 0.344 e. The smallest absolute Gasteiger partial charge is 0.310 e. The topological polar surface area (TPSA) is 71.1 Å². The van der Waals surface area contributed by atoms with Gasteiger partial charge in [0.15, 0.2) is 5.01 Å². The van der Waals surface area contributed by atoms with Crippen molar-refractivity contribution in [1.29, 1.82) is 0 Å². The van der Waals surface area contributed by atoms with E-state index in [2.05, 4.69) is 27.5 Å². The highest BCUT2D eigenvalue weighted by molar-refractivity contribution is 7.10. The van der Waals surface area contributed by atoms with Crippen LogP contribution in [-0.4, -0.2) is 23.3 Å². The Bertz CT molecular complexity index is 714. The summed E-state index contributed by atoms with van der Waals surface area (Å²) in [5.41, 5.74) is 2.05. The molecule has 0 atom stereocenters. The quantitative estimate of drug-likeness (QED) is 0.661. The molecule has 2 aromatic rings. The molecule has 0 aliphatic heterocycles. The fourth-order valence-electron chi connectivity index (χ4n) is 1.67. The van der Waals surface area contributed by atoms with Gasteiger partial charge in [0.2, 0.25) is 0 Å². The van der Waals surface area contributed by atoms with E-state index in [0.717, 1.165) is 11.1 Å². The first-order chi connectivity index (χ1) is 10.7. The molecule has 1 aromatic heterocycles. The number of thiazole rings is 1. The zero-order valence-corrected chi connectivity index (χ0v) is 12.9. The summed E-state index contributed by atoms with van der Waals surface area (Å²) in [5, 5.41) is 7.53. The fourth-order valence-corrected chi connectivity index (χ4v) is 2.18. The van der Waals surface area contributed by atoms with Crippen molar-refractivity contribution in [1.82, 2.24) is 15.6 Å². The highest BCUT2D eigenvalue weighted by Crippen LogP contribution is 2.05. The highest BCUT2D eigenvalue weighted by atomic mass is 32.1. The van der Waals surface area contributed by atoms with Crippen LogP contribution in [0.5, 0.6) is 0 Å².